The first-order valence-corrected chi connectivity index (χ1v) is 35.4. The Kier molecular flexibility index (Phi) is 22.5. The van der Waals surface area contributed by atoms with Crippen LogP contribution >= 0.6 is 0 Å². The topological polar surface area (TPSA) is 32.5 Å². The van der Waals surface area contributed by atoms with Crippen LogP contribution in [0.2, 0.25) is 0 Å². The highest BCUT2D eigenvalue weighted by Crippen LogP contribution is 2.37. The molecule has 0 atom stereocenters. The lowest BCUT2D eigenvalue weighted by atomic mass is 9.97. The maximum absolute atomic E-state index is 6.16. The first kappa shape index (κ1) is 70.6. The van der Waals surface area contributed by atoms with E-state index in [1.165, 1.54) is 151 Å². The fraction of sp³-hybridized carbons (Fsp3) is 0.124. The number of para-hydroxylation sites is 1. The predicted octanol–water partition coefficient (Wildman–Crippen LogP) is 21.6. The summed E-state index contributed by atoms with van der Waals surface area (Å²) in [5, 5.41) is 2.35. The fourth-order valence-corrected chi connectivity index (χ4v) is 13.7. The van der Waals surface area contributed by atoms with Gasteiger partial charge in [0, 0.05) is 92.7 Å². The lowest BCUT2D eigenvalue weighted by Crippen LogP contribution is -2.31. The normalized spacial score (nSPS) is 10.7. The Morgan fingerprint density at radius 3 is 1.06 bits per heavy atom. The monoisotopic (exact) mass is 1340 g/mol. The predicted molar refractivity (Wildman–Crippen MR) is 427 cm³/mol. The molecular formula is C97H92N5O+5. The van der Waals surface area contributed by atoms with E-state index >= 15 is 0 Å². The lowest BCUT2D eigenvalue weighted by molar-refractivity contribution is -0.660. The standard InChI is InChI=1S/2C20H20N.C19H16NO.2C19H18N/c2*1-15-9-7-8-12-18(15)20-13-16(2)19(14-21(20)3)17-10-5-4-6-11-17;1-13-10-11-15-14-7-3-4-9-17(14)21-19(15)18(13)16-8-5-6-12-20(16)2;1-15-14-17(16-8-4-3-5-9-16)11-12-18(15)19-10-6-7-13-20(19)2;1-15-11-12-17(16-8-4-3-5-9-16)14-18(15)19-10-6-7-13-20(19)2/h2*4-14H,1-3H3;3-12H,1-2H3;2*3-14H,1-2H3/q5*+1. The number of furan rings is 1. The summed E-state index contributed by atoms with van der Waals surface area (Å²) in [5.41, 5.74) is 33.6. The number of benzene rings is 10. The van der Waals surface area contributed by atoms with Crippen molar-refractivity contribution in [2.45, 2.75) is 48.5 Å². The van der Waals surface area contributed by atoms with Crippen LogP contribution in [0.15, 0.2) is 345 Å². The molecule has 506 valence electrons. The first-order chi connectivity index (χ1) is 50.1. The zero-order chi connectivity index (χ0) is 71.9. The summed E-state index contributed by atoms with van der Waals surface area (Å²) in [6.45, 7) is 15.2. The maximum Gasteiger partial charge on any atom is 0.216 e. The average Bonchev–Trinajstić information content (AvgIpc) is 1.62. The van der Waals surface area contributed by atoms with Gasteiger partial charge in [0.05, 0.1) is 5.56 Å². The van der Waals surface area contributed by atoms with E-state index in [0.717, 1.165) is 11.2 Å². The van der Waals surface area contributed by atoms with Crippen LogP contribution in [0.4, 0.5) is 0 Å². The van der Waals surface area contributed by atoms with Crippen LogP contribution in [-0.4, -0.2) is 0 Å². The number of nitrogens with zero attached hydrogens (tertiary/aromatic N) is 5. The summed E-state index contributed by atoms with van der Waals surface area (Å²) >= 11 is 0. The van der Waals surface area contributed by atoms with Crippen molar-refractivity contribution in [1.29, 1.82) is 0 Å². The number of pyridine rings is 5. The lowest BCUT2D eigenvalue weighted by Gasteiger charge is -2.09. The molecule has 0 unspecified atom stereocenters. The van der Waals surface area contributed by atoms with Crippen molar-refractivity contribution >= 4 is 21.9 Å². The number of hydrogen-bond donors (Lipinski definition) is 0. The molecule has 10 aromatic carbocycles. The highest BCUT2D eigenvalue weighted by Gasteiger charge is 2.22. The molecule has 16 rings (SSSR count). The summed E-state index contributed by atoms with van der Waals surface area (Å²) < 4.78 is 17.1. The molecular weight excluding hydrogens is 1250 g/mol. The van der Waals surface area contributed by atoms with Crippen LogP contribution in [0, 0.1) is 48.5 Å². The van der Waals surface area contributed by atoms with E-state index < -0.39 is 0 Å². The highest BCUT2D eigenvalue weighted by molar-refractivity contribution is 6.09. The molecule has 6 nitrogen and oxygen atoms in total. The second-order valence-corrected chi connectivity index (χ2v) is 26.7. The molecule has 6 heteroatoms. The van der Waals surface area contributed by atoms with Gasteiger partial charge in [-0.05, 0) is 169 Å². The molecule has 0 fully saturated rings. The van der Waals surface area contributed by atoms with Gasteiger partial charge in [-0.15, -0.1) is 0 Å². The van der Waals surface area contributed by atoms with Gasteiger partial charge in [0.2, 0.25) is 28.5 Å². The van der Waals surface area contributed by atoms with Crippen LogP contribution < -0.4 is 22.8 Å². The van der Waals surface area contributed by atoms with E-state index in [4.69, 9.17) is 4.42 Å². The second-order valence-electron chi connectivity index (χ2n) is 26.7. The Bertz CT molecular complexity index is 5450. The van der Waals surface area contributed by atoms with Gasteiger partial charge in [-0.1, -0.05) is 212 Å². The number of rotatable bonds is 9. The molecule has 0 saturated heterocycles. The largest absolute Gasteiger partial charge is 0.455 e. The molecule has 0 N–H and O–H groups in total. The van der Waals surface area contributed by atoms with Crippen molar-refractivity contribution in [2.24, 2.45) is 35.2 Å². The maximum atomic E-state index is 6.16. The third-order valence-corrected chi connectivity index (χ3v) is 19.4. The third-order valence-electron chi connectivity index (χ3n) is 19.4. The zero-order valence-electron chi connectivity index (χ0n) is 61.5. The van der Waals surface area contributed by atoms with E-state index in [-0.39, 0.29) is 0 Å². The summed E-state index contributed by atoms with van der Waals surface area (Å²) in [4.78, 5) is 0. The quantitative estimate of drug-likeness (QED) is 0.133. The van der Waals surface area contributed by atoms with E-state index in [9.17, 15) is 0 Å². The van der Waals surface area contributed by atoms with Gasteiger partial charge < -0.3 is 4.42 Å². The minimum absolute atomic E-state index is 0.943. The molecule has 0 radical (unpaired) electrons. The van der Waals surface area contributed by atoms with E-state index in [1.54, 1.807) is 0 Å². The third kappa shape index (κ3) is 16.5. The summed E-state index contributed by atoms with van der Waals surface area (Å²) in [6, 6.07) is 108. The molecule has 16 aromatic rings. The average molecular weight is 1340 g/mol. The molecule has 0 bridgehead atoms. The fourth-order valence-electron chi connectivity index (χ4n) is 13.7. The highest BCUT2D eigenvalue weighted by atomic mass is 16.3. The van der Waals surface area contributed by atoms with Gasteiger partial charge in [-0.25, -0.2) is 22.8 Å². The molecule has 0 aliphatic heterocycles. The Labute approximate surface area is 609 Å². The smallest absolute Gasteiger partial charge is 0.216 e. The van der Waals surface area contributed by atoms with Gasteiger partial charge in [0.25, 0.3) is 0 Å². The molecule has 103 heavy (non-hydrogen) atoms. The minimum atomic E-state index is 0.943. The van der Waals surface area contributed by atoms with Crippen molar-refractivity contribution < 1.29 is 27.3 Å². The van der Waals surface area contributed by atoms with Crippen LogP contribution in [0.1, 0.15) is 38.9 Å². The van der Waals surface area contributed by atoms with Crippen molar-refractivity contribution in [1.82, 2.24) is 0 Å². The van der Waals surface area contributed by atoms with E-state index in [0.29, 0.717) is 0 Å². The van der Waals surface area contributed by atoms with Crippen molar-refractivity contribution in [3.63, 3.8) is 0 Å². The molecule has 0 aliphatic rings. The SMILES string of the molecule is Cc1cc(-c2ccccc2)ccc1-c1cccc[n+]1C.Cc1cc(-c2ccccc2C)[n+](C)cc1-c1ccccc1.Cc1cc(-c2ccccc2C)[n+](C)cc1-c1ccccc1.Cc1ccc(-c2ccccc2)cc1-c1cccc[n+]1C.Cc1ccc2c(oc3ccccc32)c1-c1cccc[n+]1C. The number of hydrogen-bond acceptors (Lipinski definition) is 1. The van der Waals surface area contributed by atoms with Crippen molar-refractivity contribution in [2.75, 3.05) is 0 Å². The van der Waals surface area contributed by atoms with Crippen molar-refractivity contribution in [3.05, 3.63) is 379 Å². The van der Waals surface area contributed by atoms with Gasteiger partial charge in [0.15, 0.2) is 31.0 Å². The minimum Gasteiger partial charge on any atom is -0.455 e. The molecule has 6 heterocycles. The number of aromatic nitrogens is 5. The van der Waals surface area contributed by atoms with E-state index in [2.05, 4.69) is 429 Å². The number of fused-ring (bicyclic) bond motifs is 3. The molecule has 0 amide bonds. The van der Waals surface area contributed by atoms with Crippen LogP contribution in [0.5, 0.6) is 0 Å². The van der Waals surface area contributed by atoms with E-state index in [1.807, 2.05) is 18.2 Å². The van der Waals surface area contributed by atoms with Crippen molar-refractivity contribution in [3.8, 4) is 101 Å². The second kappa shape index (κ2) is 32.8. The van der Waals surface area contributed by atoms with Crippen LogP contribution in [0.25, 0.3) is 123 Å². The molecule has 0 saturated carbocycles. The summed E-state index contributed by atoms with van der Waals surface area (Å²) in [6.07, 6.45) is 10.7. The van der Waals surface area contributed by atoms with Gasteiger partial charge in [-0.2, -0.15) is 0 Å². The van der Waals surface area contributed by atoms with Gasteiger partial charge in [0.1, 0.15) is 46.4 Å². The van der Waals surface area contributed by atoms with Gasteiger partial charge in [-0.3, -0.25) is 0 Å². The Morgan fingerprint density at radius 1 is 0.214 bits per heavy atom. The Hall–Kier alpha value is -12.3. The summed E-state index contributed by atoms with van der Waals surface area (Å²) in [5.74, 6) is 0. The molecule has 0 aliphatic carbocycles. The summed E-state index contributed by atoms with van der Waals surface area (Å²) in [7, 11) is 10.5. The molecule has 0 spiro atoms. The molecule has 6 aromatic heterocycles. The van der Waals surface area contributed by atoms with Gasteiger partial charge >= 0.3 is 0 Å². The Morgan fingerprint density at radius 2 is 0.583 bits per heavy atom. The Balaban J connectivity index is 0.000000121. The zero-order valence-corrected chi connectivity index (χ0v) is 61.5. The van der Waals surface area contributed by atoms with Crippen LogP contribution in [0.3, 0.4) is 0 Å². The van der Waals surface area contributed by atoms with Crippen LogP contribution in [-0.2, 0) is 35.2 Å². The number of aryl methyl sites for hydroxylation is 12. The first-order valence-electron chi connectivity index (χ1n) is 35.4.